The number of amides is 1. The van der Waals surface area contributed by atoms with Gasteiger partial charge in [-0.1, -0.05) is 12.1 Å². The molecule has 0 radical (unpaired) electrons. The highest BCUT2D eigenvalue weighted by Gasteiger charge is 2.23. The first-order chi connectivity index (χ1) is 10.9. The Morgan fingerprint density at radius 1 is 1.39 bits per heavy atom. The molecule has 1 aromatic rings. The van der Waals surface area contributed by atoms with E-state index >= 15 is 0 Å². The van der Waals surface area contributed by atoms with Gasteiger partial charge in [0, 0.05) is 17.6 Å². The number of halogens is 1. The third-order valence-electron chi connectivity index (χ3n) is 3.98. The summed E-state index contributed by atoms with van der Waals surface area (Å²) in [7, 11) is -3.51. The minimum absolute atomic E-state index is 0.0827. The van der Waals surface area contributed by atoms with Gasteiger partial charge >= 0.3 is 0 Å². The van der Waals surface area contributed by atoms with Crippen molar-refractivity contribution in [3.05, 3.63) is 28.7 Å². The number of likely N-dealkylation sites (tertiary alicyclic amines) is 1. The monoisotopic (exact) mass is 403 g/mol. The number of nitrogens with zero attached hydrogens (tertiary/aromatic N) is 1. The molecule has 0 aromatic heterocycles. The standard InChI is InChI=1S/C15H22BrN3O3S/c16-13-6-1-2-7-14(13)23(21,22)18-8-4-10-19-9-3-5-12(11-19)15(17)20/h1-2,6-7,12,18H,3-5,8-11H2,(H2,17,20). The van der Waals surface area contributed by atoms with Crippen molar-refractivity contribution < 1.29 is 13.2 Å². The molecule has 0 spiro atoms. The maximum Gasteiger partial charge on any atom is 0.241 e. The Morgan fingerprint density at radius 3 is 2.83 bits per heavy atom. The Labute approximate surface area is 145 Å². The van der Waals surface area contributed by atoms with Crippen LogP contribution in [0.5, 0.6) is 0 Å². The third kappa shape index (κ3) is 5.27. The summed E-state index contributed by atoms with van der Waals surface area (Å²) in [5.74, 6) is -0.329. The Hall–Kier alpha value is -0.960. The number of carbonyl (C=O) groups excluding carboxylic acids is 1. The lowest BCUT2D eigenvalue weighted by atomic mass is 9.97. The molecular weight excluding hydrogens is 382 g/mol. The topological polar surface area (TPSA) is 92.5 Å². The van der Waals surface area contributed by atoms with Crippen LogP contribution in [0.15, 0.2) is 33.6 Å². The zero-order chi connectivity index (χ0) is 16.9. The van der Waals surface area contributed by atoms with Crippen LogP contribution in [0, 0.1) is 5.92 Å². The van der Waals surface area contributed by atoms with Gasteiger partial charge in [0.15, 0.2) is 0 Å². The van der Waals surface area contributed by atoms with E-state index in [0.717, 1.165) is 25.9 Å². The van der Waals surface area contributed by atoms with Crippen molar-refractivity contribution in [2.24, 2.45) is 11.7 Å². The number of nitrogens with one attached hydrogen (secondary N) is 1. The lowest BCUT2D eigenvalue weighted by molar-refractivity contribution is -0.123. The van der Waals surface area contributed by atoms with Crippen LogP contribution in [0.1, 0.15) is 19.3 Å². The number of benzene rings is 1. The summed E-state index contributed by atoms with van der Waals surface area (Å²) in [5.41, 5.74) is 5.36. The summed E-state index contributed by atoms with van der Waals surface area (Å²) in [6.07, 6.45) is 2.49. The highest BCUT2D eigenvalue weighted by molar-refractivity contribution is 9.10. The highest BCUT2D eigenvalue weighted by Crippen LogP contribution is 2.21. The molecule has 8 heteroatoms. The van der Waals surface area contributed by atoms with E-state index < -0.39 is 10.0 Å². The number of nitrogens with two attached hydrogens (primary N) is 1. The summed E-state index contributed by atoms with van der Waals surface area (Å²) >= 11 is 3.25. The van der Waals surface area contributed by atoms with Crippen LogP contribution in [0.2, 0.25) is 0 Å². The molecule has 1 saturated heterocycles. The first kappa shape index (κ1) is 18.4. The minimum Gasteiger partial charge on any atom is -0.369 e. The van der Waals surface area contributed by atoms with Gasteiger partial charge in [0.2, 0.25) is 15.9 Å². The van der Waals surface area contributed by atoms with Crippen LogP contribution in [-0.2, 0) is 14.8 Å². The molecule has 6 nitrogen and oxygen atoms in total. The number of piperidine rings is 1. The van der Waals surface area contributed by atoms with Gasteiger partial charge in [0.1, 0.15) is 0 Å². The zero-order valence-electron chi connectivity index (χ0n) is 12.9. The first-order valence-corrected chi connectivity index (χ1v) is 9.93. The van der Waals surface area contributed by atoms with Gasteiger partial charge in [0.05, 0.1) is 10.8 Å². The summed E-state index contributed by atoms with van der Waals surface area (Å²) in [4.78, 5) is 13.7. The Bertz CT molecular complexity index is 651. The average molecular weight is 404 g/mol. The van der Waals surface area contributed by atoms with E-state index in [2.05, 4.69) is 25.6 Å². The van der Waals surface area contributed by atoms with Gasteiger partial charge in [-0.15, -0.1) is 0 Å². The molecule has 23 heavy (non-hydrogen) atoms. The van der Waals surface area contributed by atoms with Crippen LogP contribution in [0.25, 0.3) is 0 Å². The molecule has 128 valence electrons. The number of rotatable bonds is 7. The van der Waals surface area contributed by atoms with E-state index in [1.165, 1.54) is 0 Å². The SMILES string of the molecule is NC(=O)C1CCCN(CCCNS(=O)(=O)c2ccccc2Br)C1. The number of primary amides is 1. The lowest BCUT2D eigenvalue weighted by Crippen LogP contribution is -2.42. The van der Waals surface area contributed by atoms with Crippen molar-refractivity contribution >= 4 is 31.9 Å². The van der Waals surface area contributed by atoms with Gasteiger partial charge < -0.3 is 10.6 Å². The van der Waals surface area contributed by atoms with E-state index in [4.69, 9.17) is 5.73 Å². The first-order valence-electron chi connectivity index (χ1n) is 7.66. The van der Waals surface area contributed by atoms with E-state index in [0.29, 0.717) is 24.0 Å². The van der Waals surface area contributed by atoms with E-state index in [1.54, 1.807) is 24.3 Å². The molecule has 1 fully saturated rings. The van der Waals surface area contributed by atoms with Gasteiger partial charge in [-0.25, -0.2) is 13.1 Å². The van der Waals surface area contributed by atoms with Crippen LogP contribution >= 0.6 is 15.9 Å². The van der Waals surface area contributed by atoms with Crippen molar-refractivity contribution in [3.8, 4) is 0 Å². The van der Waals surface area contributed by atoms with Crippen LogP contribution in [0.4, 0.5) is 0 Å². The molecule has 1 aliphatic heterocycles. The fraction of sp³-hybridized carbons (Fsp3) is 0.533. The fourth-order valence-electron chi connectivity index (χ4n) is 2.74. The van der Waals surface area contributed by atoms with Crippen LogP contribution in [-0.4, -0.2) is 45.4 Å². The number of hydrogen-bond donors (Lipinski definition) is 2. The summed E-state index contributed by atoms with van der Waals surface area (Å²) in [6, 6.07) is 6.73. The molecule has 1 aliphatic rings. The molecule has 2 rings (SSSR count). The molecule has 1 unspecified atom stereocenters. The van der Waals surface area contributed by atoms with Crippen molar-refractivity contribution in [1.82, 2.24) is 9.62 Å². The summed E-state index contributed by atoms with van der Waals surface area (Å²) in [6.45, 7) is 2.72. The fourth-order valence-corrected chi connectivity index (χ4v) is 4.82. The van der Waals surface area contributed by atoms with Crippen molar-refractivity contribution in [3.63, 3.8) is 0 Å². The number of sulfonamides is 1. The Kier molecular flexibility index (Phi) is 6.58. The third-order valence-corrected chi connectivity index (χ3v) is 6.45. The zero-order valence-corrected chi connectivity index (χ0v) is 15.3. The predicted molar refractivity (Wildman–Crippen MR) is 92.3 cm³/mol. The maximum atomic E-state index is 12.2. The Balaban J connectivity index is 1.79. The maximum absolute atomic E-state index is 12.2. The predicted octanol–water partition coefficient (Wildman–Crippen LogP) is 1.31. The molecule has 0 bridgehead atoms. The Morgan fingerprint density at radius 2 is 2.13 bits per heavy atom. The van der Waals surface area contributed by atoms with Crippen LogP contribution in [0.3, 0.4) is 0 Å². The molecule has 0 saturated carbocycles. The van der Waals surface area contributed by atoms with Crippen molar-refractivity contribution in [1.29, 1.82) is 0 Å². The van der Waals surface area contributed by atoms with Gasteiger partial charge in [-0.2, -0.15) is 0 Å². The number of hydrogen-bond acceptors (Lipinski definition) is 4. The average Bonchev–Trinajstić information content (AvgIpc) is 2.52. The van der Waals surface area contributed by atoms with Gasteiger partial charge in [0.25, 0.3) is 0 Å². The lowest BCUT2D eigenvalue weighted by Gasteiger charge is -2.31. The normalized spacial score (nSPS) is 19.6. The van der Waals surface area contributed by atoms with E-state index in [1.807, 2.05) is 0 Å². The van der Waals surface area contributed by atoms with Gasteiger partial charge in [-0.3, -0.25) is 4.79 Å². The summed E-state index contributed by atoms with van der Waals surface area (Å²) < 4.78 is 27.6. The second-order valence-electron chi connectivity index (χ2n) is 5.72. The molecule has 1 amide bonds. The smallest absolute Gasteiger partial charge is 0.241 e. The molecule has 1 atom stereocenters. The highest BCUT2D eigenvalue weighted by atomic mass is 79.9. The molecule has 0 aliphatic carbocycles. The second-order valence-corrected chi connectivity index (χ2v) is 8.31. The summed E-state index contributed by atoms with van der Waals surface area (Å²) in [5, 5.41) is 0. The quantitative estimate of drug-likeness (QED) is 0.671. The largest absolute Gasteiger partial charge is 0.369 e. The molecule has 1 aromatic carbocycles. The molecule has 1 heterocycles. The molecule has 3 N–H and O–H groups in total. The van der Waals surface area contributed by atoms with Gasteiger partial charge in [-0.05, 0) is 60.4 Å². The minimum atomic E-state index is -3.51. The van der Waals surface area contributed by atoms with Crippen molar-refractivity contribution in [2.45, 2.75) is 24.2 Å². The van der Waals surface area contributed by atoms with E-state index in [9.17, 15) is 13.2 Å². The van der Waals surface area contributed by atoms with Crippen LogP contribution < -0.4 is 10.5 Å². The van der Waals surface area contributed by atoms with E-state index in [-0.39, 0.29) is 16.7 Å². The number of carbonyl (C=O) groups is 1. The van der Waals surface area contributed by atoms with Crippen molar-refractivity contribution in [2.75, 3.05) is 26.2 Å². The molecular formula is C15H22BrN3O3S. The second kappa shape index (κ2) is 8.23.